The van der Waals surface area contributed by atoms with Gasteiger partial charge in [0, 0.05) is 19.3 Å². The molecule has 1 atom stereocenters. The number of rotatable bonds is 9. The van der Waals surface area contributed by atoms with Crippen LogP contribution in [0, 0.1) is 0 Å². The molecule has 28 heavy (non-hydrogen) atoms. The number of hydrogen-bond donors (Lipinski definition) is 1. The summed E-state index contributed by atoms with van der Waals surface area (Å²) in [5.41, 5.74) is 2.13. The molecule has 2 aromatic rings. The first-order valence-corrected chi connectivity index (χ1v) is 10.9. The maximum Gasteiger partial charge on any atom is 0.242 e. The van der Waals surface area contributed by atoms with Gasteiger partial charge in [-0.3, -0.25) is 9.59 Å². The number of thioether (sulfide) groups is 1. The van der Waals surface area contributed by atoms with E-state index in [-0.39, 0.29) is 17.6 Å². The van der Waals surface area contributed by atoms with Crippen molar-refractivity contribution in [2.24, 2.45) is 0 Å². The summed E-state index contributed by atoms with van der Waals surface area (Å²) >= 11 is 13.5. The number of hydrogen-bond acceptors (Lipinski definition) is 3. The quantitative estimate of drug-likeness (QED) is 0.629. The van der Waals surface area contributed by atoms with Crippen molar-refractivity contribution < 1.29 is 9.59 Å². The minimum Gasteiger partial charge on any atom is -0.357 e. The second-order valence-electron chi connectivity index (χ2n) is 6.35. The monoisotopic (exact) mass is 438 g/mol. The predicted molar refractivity (Wildman–Crippen MR) is 118 cm³/mol. The summed E-state index contributed by atoms with van der Waals surface area (Å²) in [6, 6.07) is 14.9. The summed E-state index contributed by atoms with van der Waals surface area (Å²) in [7, 11) is 1.58. The molecule has 0 aromatic heterocycles. The molecule has 2 amide bonds. The highest BCUT2D eigenvalue weighted by Gasteiger charge is 2.24. The van der Waals surface area contributed by atoms with Gasteiger partial charge in [-0.05, 0) is 36.6 Å². The molecule has 2 aromatic carbocycles. The van der Waals surface area contributed by atoms with E-state index in [0.717, 1.165) is 11.1 Å². The Morgan fingerprint density at radius 1 is 1.07 bits per heavy atom. The summed E-state index contributed by atoms with van der Waals surface area (Å²) in [5, 5.41) is 3.64. The lowest BCUT2D eigenvalue weighted by Gasteiger charge is -2.28. The summed E-state index contributed by atoms with van der Waals surface area (Å²) in [5.74, 6) is 0.702. The highest BCUT2D eigenvalue weighted by molar-refractivity contribution is 7.99. The highest BCUT2D eigenvalue weighted by Crippen LogP contribution is 2.24. The smallest absolute Gasteiger partial charge is 0.242 e. The minimum atomic E-state index is -0.521. The third kappa shape index (κ3) is 6.73. The lowest BCUT2D eigenvalue weighted by Crippen LogP contribution is -2.48. The van der Waals surface area contributed by atoms with E-state index in [4.69, 9.17) is 23.2 Å². The van der Waals surface area contributed by atoms with Gasteiger partial charge >= 0.3 is 0 Å². The minimum absolute atomic E-state index is 0.0582. The van der Waals surface area contributed by atoms with Gasteiger partial charge in [0.05, 0.1) is 15.8 Å². The van der Waals surface area contributed by atoms with E-state index in [9.17, 15) is 9.59 Å². The standard InChI is InChI=1S/C21H24Cl2N2O2S/c1-15(21(27)24-2)25(11-10-16-6-4-3-5-7-16)20(26)14-28-13-17-8-9-18(22)19(23)12-17/h3-9,12,15H,10-11,13-14H2,1-2H3,(H,24,27). The molecule has 0 heterocycles. The van der Waals surface area contributed by atoms with Crippen molar-refractivity contribution in [3.63, 3.8) is 0 Å². The fourth-order valence-corrected chi connectivity index (χ4v) is 3.93. The molecule has 0 aliphatic carbocycles. The molecule has 0 aliphatic heterocycles. The van der Waals surface area contributed by atoms with Crippen LogP contribution in [0.5, 0.6) is 0 Å². The van der Waals surface area contributed by atoms with Crippen molar-refractivity contribution in [1.29, 1.82) is 0 Å². The maximum atomic E-state index is 12.8. The first kappa shape index (κ1) is 22.6. The van der Waals surface area contributed by atoms with Gasteiger partial charge in [-0.2, -0.15) is 0 Å². The molecule has 4 nitrogen and oxygen atoms in total. The molecule has 0 fully saturated rings. The van der Waals surface area contributed by atoms with Gasteiger partial charge in [-0.15, -0.1) is 11.8 Å². The van der Waals surface area contributed by atoms with Crippen LogP contribution in [0.2, 0.25) is 10.0 Å². The van der Waals surface area contributed by atoms with Gasteiger partial charge < -0.3 is 10.2 Å². The number of likely N-dealkylation sites (N-methyl/N-ethyl adjacent to an activating group) is 1. The SMILES string of the molecule is CNC(=O)C(C)N(CCc1ccccc1)C(=O)CSCc1ccc(Cl)c(Cl)c1. The summed E-state index contributed by atoms with van der Waals surface area (Å²) < 4.78 is 0. The van der Waals surface area contributed by atoms with Crippen LogP contribution < -0.4 is 5.32 Å². The topological polar surface area (TPSA) is 49.4 Å². The van der Waals surface area contributed by atoms with Gasteiger partial charge in [0.15, 0.2) is 0 Å². The van der Waals surface area contributed by atoms with Gasteiger partial charge in [-0.1, -0.05) is 59.6 Å². The van der Waals surface area contributed by atoms with E-state index in [1.807, 2.05) is 42.5 Å². The van der Waals surface area contributed by atoms with E-state index >= 15 is 0 Å². The molecule has 0 saturated heterocycles. The van der Waals surface area contributed by atoms with Gasteiger partial charge in [0.2, 0.25) is 11.8 Å². The molecule has 0 spiro atoms. The Bertz CT molecular complexity index is 802. The molecule has 150 valence electrons. The molecule has 1 unspecified atom stereocenters. The Hall–Kier alpha value is -1.69. The summed E-state index contributed by atoms with van der Waals surface area (Å²) in [6.45, 7) is 2.25. The molecule has 2 rings (SSSR count). The number of amides is 2. The van der Waals surface area contributed by atoms with E-state index in [1.165, 1.54) is 11.8 Å². The highest BCUT2D eigenvalue weighted by atomic mass is 35.5. The molecule has 1 N–H and O–H groups in total. The van der Waals surface area contributed by atoms with Gasteiger partial charge in [0.1, 0.15) is 6.04 Å². The van der Waals surface area contributed by atoms with E-state index in [0.29, 0.717) is 28.8 Å². The zero-order chi connectivity index (χ0) is 20.5. The third-order valence-corrected chi connectivity index (χ3v) is 6.10. The van der Waals surface area contributed by atoms with Crippen molar-refractivity contribution >= 4 is 46.8 Å². The fraction of sp³-hybridized carbons (Fsp3) is 0.333. The van der Waals surface area contributed by atoms with Crippen molar-refractivity contribution in [3.8, 4) is 0 Å². The van der Waals surface area contributed by atoms with Crippen LogP contribution in [0.1, 0.15) is 18.1 Å². The normalized spacial score (nSPS) is 11.7. The number of nitrogens with zero attached hydrogens (tertiary/aromatic N) is 1. The molecule has 0 bridgehead atoms. The number of carbonyl (C=O) groups excluding carboxylic acids is 2. The Morgan fingerprint density at radius 2 is 1.79 bits per heavy atom. The Labute approximate surface area is 180 Å². The number of benzene rings is 2. The van der Waals surface area contributed by atoms with Crippen molar-refractivity contribution in [1.82, 2.24) is 10.2 Å². The van der Waals surface area contributed by atoms with Crippen molar-refractivity contribution in [3.05, 3.63) is 69.7 Å². The first-order chi connectivity index (χ1) is 13.4. The van der Waals surface area contributed by atoms with Crippen LogP contribution in [0.15, 0.2) is 48.5 Å². The summed E-state index contributed by atoms with van der Waals surface area (Å²) in [6.07, 6.45) is 0.700. The van der Waals surface area contributed by atoms with E-state index in [1.54, 1.807) is 24.9 Å². The van der Waals surface area contributed by atoms with Crippen LogP contribution in [-0.4, -0.2) is 42.1 Å². The molecular formula is C21H24Cl2N2O2S. The second kappa shape index (κ2) is 11.3. The molecule has 0 radical (unpaired) electrons. The van der Waals surface area contributed by atoms with E-state index in [2.05, 4.69) is 5.32 Å². The zero-order valence-electron chi connectivity index (χ0n) is 16.0. The average molecular weight is 439 g/mol. The van der Waals surface area contributed by atoms with Crippen LogP contribution in [0.4, 0.5) is 0 Å². The van der Waals surface area contributed by atoms with Gasteiger partial charge in [-0.25, -0.2) is 0 Å². The van der Waals surface area contributed by atoms with E-state index < -0.39 is 6.04 Å². The molecule has 7 heteroatoms. The molecular weight excluding hydrogens is 415 g/mol. The largest absolute Gasteiger partial charge is 0.357 e. The van der Waals surface area contributed by atoms with Crippen molar-refractivity contribution in [2.45, 2.75) is 25.1 Å². The lowest BCUT2D eigenvalue weighted by atomic mass is 10.1. The van der Waals surface area contributed by atoms with Crippen molar-refractivity contribution in [2.75, 3.05) is 19.3 Å². The zero-order valence-corrected chi connectivity index (χ0v) is 18.3. The third-order valence-electron chi connectivity index (χ3n) is 4.38. The molecule has 0 saturated carbocycles. The maximum absolute atomic E-state index is 12.8. The van der Waals surface area contributed by atoms with Crippen LogP contribution in [0.25, 0.3) is 0 Å². The number of carbonyl (C=O) groups is 2. The lowest BCUT2D eigenvalue weighted by molar-refractivity contribution is -0.137. The van der Waals surface area contributed by atoms with Gasteiger partial charge in [0.25, 0.3) is 0 Å². The first-order valence-electron chi connectivity index (χ1n) is 8.99. The summed E-state index contributed by atoms with van der Waals surface area (Å²) in [4.78, 5) is 26.6. The average Bonchev–Trinajstić information content (AvgIpc) is 2.70. The Balaban J connectivity index is 1.96. The molecule has 0 aliphatic rings. The Morgan fingerprint density at radius 3 is 2.43 bits per heavy atom. The Kier molecular flexibility index (Phi) is 9.16. The fourth-order valence-electron chi connectivity index (χ4n) is 2.75. The number of halogens is 2. The second-order valence-corrected chi connectivity index (χ2v) is 8.15. The van der Waals surface area contributed by atoms with Crippen LogP contribution >= 0.6 is 35.0 Å². The van der Waals surface area contributed by atoms with Crippen LogP contribution in [0.3, 0.4) is 0 Å². The predicted octanol–water partition coefficient (Wildman–Crippen LogP) is 4.43. The van der Waals surface area contributed by atoms with Crippen LogP contribution in [-0.2, 0) is 21.8 Å². The number of nitrogens with one attached hydrogen (secondary N) is 1.